The predicted octanol–water partition coefficient (Wildman–Crippen LogP) is 4.61. The van der Waals surface area contributed by atoms with Crippen molar-refractivity contribution in [3.05, 3.63) is 75.4 Å². The van der Waals surface area contributed by atoms with Gasteiger partial charge < -0.3 is 19.0 Å². The lowest BCUT2D eigenvalue weighted by molar-refractivity contribution is 0.0708. The predicted molar refractivity (Wildman–Crippen MR) is 125 cm³/mol. The molecule has 0 bridgehead atoms. The molecule has 174 valence electrons. The second kappa shape index (κ2) is 9.75. The number of likely N-dealkylation sites (N-methyl/N-ethyl adjacent to an activating group) is 1. The molecule has 2 aromatic carbocycles. The maximum absolute atomic E-state index is 13.9. The normalized spacial score (nSPS) is 15.5. The third-order valence-electron chi connectivity index (χ3n) is 6.13. The minimum absolute atomic E-state index is 0.0311. The molecule has 0 N–H and O–H groups in total. The topological polar surface area (TPSA) is 63.0 Å². The number of carbonyl (C=O) groups is 1. The highest BCUT2D eigenvalue weighted by molar-refractivity contribution is 5.99. The lowest BCUT2D eigenvalue weighted by Crippen LogP contribution is -2.37. The highest BCUT2D eigenvalue weighted by Crippen LogP contribution is 2.39. The summed E-state index contributed by atoms with van der Waals surface area (Å²) in [6.45, 7) is 9.55. The molecule has 0 spiro atoms. The number of hydrogen-bond acceptors (Lipinski definition) is 5. The zero-order chi connectivity index (χ0) is 23.5. The summed E-state index contributed by atoms with van der Waals surface area (Å²) < 4.78 is 25.6. The van der Waals surface area contributed by atoms with E-state index in [-0.39, 0.29) is 33.6 Å². The zero-order valence-electron chi connectivity index (χ0n) is 19.3. The van der Waals surface area contributed by atoms with Gasteiger partial charge in [0.15, 0.2) is 5.43 Å². The van der Waals surface area contributed by atoms with Crippen molar-refractivity contribution in [1.29, 1.82) is 0 Å². The van der Waals surface area contributed by atoms with Crippen LogP contribution in [0.4, 0.5) is 4.39 Å². The Morgan fingerprint density at radius 3 is 2.61 bits per heavy atom. The molecular weight excluding hydrogens is 423 g/mol. The van der Waals surface area contributed by atoms with Gasteiger partial charge in [0, 0.05) is 13.1 Å². The van der Waals surface area contributed by atoms with Crippen LogP contribution in [0.2, 0.25) is 0 Å². The first-order valence-corrected chi connectivity index (χ1v) is 11.5. The minimum Gasteiger partial charge on any atom is -0.494 e. The van der Waals surface area contributed by atoms with Crippen LogP contribution in [0.25, 0.3) is 11.0 Å². The molecule has 4 rings (SSSR count). The number of amides is 1. The molecule has 0 aliphatic carbocycles. The van der Waals surface area contributed by atoms with Gasteiger partial charge in [-0.05, 0) is 55.4 Å². The van der Waals surface area contributed by atoms with Gasteiger partial charge >= 0.3 is 0 Å². The van der Waals surface area contributed by atoms with Gasteiger partial charge in [-0.25, -0.2) is 4.39 Å². The zero-order valence-corrected chi connectivity index (χ0v) is 19.3. The molecule has 0 fully saturated rings. The van der Waals surface area contributed by atoms with Gasteiger partial charge in [-0.3, -0.25) is 9.59 Å². The third kappa shape index (κ3) is 4.37. The quantitative estimate of drug-likeness (QED) is 0.475. The van der Waals surface area contributed by atoms with Gasteiger partial charge in [0.05, 0.1) is 23.6 Å². The number of rotatable bonds is 9. The Balaban J connectivity index is 1.85. The number of halogens is 1. The minimum atomic E-state index is -0.628. The van der Waals surface area contributed by atoms with Crippen LogP contribution in [0.3, 0.4) is 0 Å². The Labute approximate surface area is 192 Å². The van der Waals surface area contributed by atoms with Crippen LogP contribution in [0.15, 0.2) is 51.7 Å². The number of fused-ring (bicyclic) bond motifs is 2. The third-order valence-corrected chi connectivity index (χ3v) is 6.13. The Kier molecular flexibility index (Phi) is 6.79. The molecule has 1 unspecified atom stereocenters. The van der Waals surface area contributed by atoms with E-state index < -0.39 is 11.9 Å². The summed E-state index contributed by atoms with van der Waals surface area (Å²) in [4.78, 5) is 30.9. The molecular formula is C26H29FN2O4. The summed E-state index contributed by atoms with van der Waals surface area (Å²) in [6, 6.07) is 10.6. The number of hydrogen-bond donors (Lipinski definition) is 0. The van der Waals surface area contributed by atoms with E-state index in [1.165, 1.54) is 18.2 Å². The van der Waals surface area contributed by atoms with E-state index in [9.17, 15) is 14.0 Å². The van der Waals surface area contributed by atoms with Crippen molar-refractivity contribution in [2.24, 2.45) is 0 Å². The van der Waals surface area contributed by atoms with Crippen LogP contribution >= 0.6 is 0 Å². The first-order chi connectivity index (χ1) is 16.0. The molecule has 33 heavy (non-hydrogen) atoms. The Hall–Kier alpha value is -3.19. The second-order valence-corrected chi connectivity index (χ2v) is 8.16. The van der Waals surface area contributed by atoms with Crippen molar-refractivity contribution in [3.63, 3.8) is 0 Å². The first-order valence-electron chi connectivity index (χ1n) is 11.5. The molecule has 3 aromatic rings. The summed E-state index contributed by atoms with van der Waals surface area (Å²) in [7, 11) is 0. The highest BCUT2D eigenvalue weighted by atomic mass is 19.1. The summed E-state index contributed by atoms with van der Waals surface area (Å²) in [5.41, 5.74) is 0.843. The van der Waals surface area contributed by atoms with Gasteiger partial charge in [-0.1, -0.05) is 32.9 Å². The first kappa shape index (κ1) is 23.0. The van der Waals surface area contributed by atoms with E-state index in [1.54, 1.807) is 4.90 Å². The van der Waals surface area contributed by atoms with Gasteiger partial charge in [-0.2, -0.15) is 0 Å². The maximum atomic E-state index is 13.9. The fourth-order valence-electron chi connectivity index (χ4n) is 4.35. The standard InChI is InChI=1S/C26H29FN2O4/c1-4-14-32-19-9-7-8-17(15-19)23-22-24(30)20-16-18(27)10-11-21(20)33-25(22)26(31)29(23)13-12-28(5-2)6-3/h7-11,15-16,23H,4-6,12-14H2,1-3H3. The van der Waals surface area contributed by atoms with Crippen molar-refractivity contribution < 1.29 is 18.3 Å². The summed E-state index contributed by atoms with van der Waals surface area (Å²) in [5.74, 6) is -0.145. The molecule has 1 atom stereocenters. The van der Waals surface area contributed by atoms with E-state index in [0.29, 0.717) is 25.4 Å². The van der Waals surface area contributed by atoms with Crippen molar-refractivity contribution in [2.45, 2.75) is 33.2 Å². The molecule has 0 saturated carbocycles. The van der Waals surface area contributed by atoms with Crippen LogP contribution in [0.1, 0.15) is 54.9 Å². The lowest BCUT2D eigenvalue weighted by atomic mass is 9.98. The van der Waals surface area contributed by atoms with E-state index in [2.05, 4.69) is 18.7 Å². The molecule has 1 aromatic heterocycles. The molecule has 0 saturated heterocycles. The van der Waals surface area contributed by atoms with Crippen molar-refractivity contribution in [1.82, 2.24) is 9.80 Å². The molecule has 1 aliphatic heterocycles. The van der Waals surface area contributed by atoms with Crippen molar-refractivity contribution >= 4 is 16.9 Å². The summed E-state index contributed by atoms with van der Waals surface area (Å²) in [6.07, 6.45) is 0.867. The average Bonchev–Trinajstić information content (AvgIpc) is 3.11. The fourth-order valence-corrected chi connectivity index (χ4v) is 4.35. The number of carbonyl (C=O) groups excluding carboxylic acids is 1. The second-order valence-electron chi connectivity index (χ2n) is 8.16. The van der Waals surface area contributed by atoms with Crippen molar-refractivity contribution in [2.75, 3.05) is 32.8 Å². The van der Waals surface area contributed by atoms with Crippen LogP contribution in [0, 0.1) is 5.82 Å². The number of benzene rings is 2. The maximum Gasteiger partial charge on any atom is 0.290 e. The fraction of sp³-hybridized carbons (Fsp3) is 0.385. The Bertz CT molecular complexity index is 1220. The molecule has 0 radical (unpaired) electrons. The van der Waals surface area contributed by atoms with Crippen LogP contribution in [0.5, 0.6) is 5.75 Å². The van der Waals surface area contributed by atoms with Gasteiger partial charge in [0.2, 0.25) is 5.76 Å². The molecule has 7 heteroatoms. The summed E-state index contributed by atoms with van der Waals surface area (Å²) in [5, 5.41) is 0.135. The number of ether oxygens (including phenoxy) is 1. The van der Waals surface area contributed by atoms with Crippen LogP contribution < -0.4 is 10.2 Å². The summed E-state index contributed by atoms with van der Waals surface area (Å²) >= 11 is 0. The van der Waals surface area contributed by atoms with Crippen LogP contribution in [-0.2, 0) is 0 Å². The Morgan fingerprint density at radius 1 is 1.09 bits per heavy atom. The van der Waals surface area contributed by atoms with E-state index in [4.69, 9.17) is 9.15 Å². The molecule has 2 heterocycles. The average molecular weight is 453 g/mol. The monoisotopic (exact) mass is 452 g/mol. The van der Waals surface area contributed by atoms with Crippen LogP contribution in [-0.4, -0.2) is 48.5 Å². The van der Waals surface area contributed by atoms with Gasteiger partial charge in [0.25, 0.3) is 5.91 Å². The molecule has 1 aliphatic rings. The van der Waals surface area contributed by atoms with E-state index in [1.807, 2.05) is 31.2 Å². The Morgan fingerprint density at radius 2 is 1.88 bits per heavy atom. The van der Waals surface area contributed by atoms with Gasteiger partial charge in [-0.15, -0.1) is 0 Å². The molecule has 1 amide bonds. The SMILES string of the molecule is CCCOc1cccc(C2c3c(oc4ccc(F)cc4c3=O)C(=O)N2CCN(CC)CC)c1. The molecule has 6 nitrogen and oxygen atoms in total. The highest BCUT2D eigenvalue weighted by Gasteiger charge is 2.42. The lowest BCUT2D eigenvalue weighted by Gasteiger charge is -2.28. The van der Waals surface area contributed by atoms with Crippen molar-refractivity contribution in [3.8, 4) is 5.75 Å². The smallest absolute Gasteiger partial charge is 0.290 e. The van der Waals surface area contributed by atoms with Gasteiger partial charge in [0.1, 0.15) is 17.1 Å². The number of nitrogens with zero attached hydrogens (tertiary/aromatic N) is 2. The van der Waals surface area contributed by atoms with E-state index in [0.717, 1.165) is 25.1 Å². The van der Waals surface area contributed by atoms with E-state index >= 15 is 0 Å². The largest absolute Gasteiger partial charge is 0.494 e.